The lowest BCUT2D eigenvalue weighted by Crippen LogP contribution is -2.39. The van der Waals surface area contributed by atoms with Crippen LogP contribution < -0.4 is 10.1 Å². The SMILES string of the molecule is O=C(NCC#Cc1ccccc1)N1CC[C@H](Oc2cccnc2)C1. The zero-order valence-corrected chi connectivity index (χ0v) is 13.3. The summed E-state index contributed by atoms with van der Waals surface area (Å²) in [6.45, 7) is 1.59. The first-order valence-electron chi connectivity index (χ1n) is 7.94. The number of rotatable bonds is 3. The fourth-order valence-corrected chi connectivity index (χ4v) is 2.52. The molecule has 1 aliphatic rings. The minimum Gasteiger partial charge on any atom is -0.487 e. The molecule has 0 spiro atoms. The molecule has 0 radical (unpaired) electrons. The number of ether oxygens (including phenoxy) is 1. The number of pyridine rings is 1. The van der Waals surface area contributed by atoms with Crippen LogP contribution in [0, 0.1) is 11.8 Å². The monoisotopic (exact) mass is 321 g/mol. The molecule has 1 aromatic heterocycles. The summed E-state index contributed by atoms with van der Waals surface area (Å²) in [4.78, 5) is 17.9. The van der Waals surface area contributed by atoms with Crippen LogP contribution in [0.25, 0.3) is 0 Å². The van der Waals surface area contributed by atoms with Crippen molar-refractivity contribution < 1.29 is 9.53 Å². The molecular formula is C19H19N3O2. The van der Waals surface area contributed by atoms with E-state index in [1.54, 1.807) is 17.3 Å². The van der Waals surface area contributed by atoms with Crippen molar-refractivity contribution in [3.63, 3.8) is 0 Å². The summed E-state index contributed by atoms with van der Waals surface area (Å²) >= 11 is 0. The summed E-state index contributed by atoms with van der Waals surface area (Å²) in [5.74, 6) is 6.71. The molecule has 1 aromatic carbocycles. The van der Waals surface area contributed by atoms with Crippen LogP contribution in [0.4, 0.5) is 4.79 Å². The Balaban J connectivity index is 1.43. The highest BCUT2D eigenvalue weighted by Gasteiger charge is 2.27. The van der Waals surface area contributed by atoms with Gasteiger partial charge in [0.2, 0.25) is 0 Å². The number of aromatic nitrogens is 1. The van der Waals surface area contributed by atoms with E-state index in [4.69, 9.17) is 4.74 Å². The molecule has 3 rings (SSSR count). The van der Waals surface area contributed by atoms with Crippen LogP contribution in [-0.2, 0) is 0 Å². The Hall–Kier alpha value is -3.00. The van der Waals surface area contributed by atoms with Crippen LogP contribution in [0.15, 0.2) is 54.9 Å². The van der Waals surface area contributed by atoms with E-state index in [0.717, 1.165) is 17.7 Å². The second kappa shape index (κ2) is 8.02. The molecule has 2 aromatic rings. The number of hydrogen-bond acceptors (Lipinski definition) is 3. The zero-order valence-electron chi connectivity index (χ0n) is 13.3. The quantitative estimate of drug-likeness (QED) is 0.883. The predicted molar refractivity (Wildman–Crippen MR) is 91.6 cm³/mol. The fraction of sp³-hybridized carbons (Fsp3) is 0.263. The molecule has 1 fully saturated rings. The summed E-state index contributed by atoms with van der Waals surface area (Å²) in [6, 6.07) is 13.3. The Morgan fingerprint density at radius 3 is 2.96 bits per heavy atom. The van der Waals surface area contributed by atoms with Gasteiger partial charge in [-0.3, -0.25) is 4.98 Å². The number of carbonyl (C=O) groups is 1. The van der Waals surface area contributed by atoms with Gasteiger partial charge in [0.1, 0.15) is 11.9 Å². The van der Waals surface area contributed by atoms with E-state index in [-0.39, 0.29) is 12.1 Å². The number of benzene rings is 1. The van der Waals surface area contributed by atoms with Gasteiger partial charge < -0.3 is 15.0 Å². The highest BCUT2D eigenvalue weighted by molar-refractivity contribution is 5.74. The van der Waals surface area contributed by atoms with Gasteiger partial charge in [-0.25, -0.2) is 4.79 Å². The number of urea groups is 1. The third kappa shape index (κ3) is 4.50. The average molecular weight is 321 g/mol. The number of hydrogen-bond donors (Lipinski definition) is 1. The maximum absolute atomic E-state index is 12.1. The molecule has 24 heavy (non-hydrogen) atoms. The van der Waals surface area contributed by atoms with E-state index in [2.05, 4.69) is 22.1 Å². The van der Waals surface area contributed by atoms with Crippen molar-refractivity contribution in [2.45, 2.75) is 12.5 Å². The molecular weight excluding hydrogens is 302 g/mol. The molecule has 2 amide bonds. The lowest BCUT2D eigenvalue weighted by Gasteiger charge is -2.17. The van der Waals surface area contributed by atoms with E-state index in [0.29, 0.717) is 19.6 Å². The Kier molecular flexibility index (Phi) is 5.31. The minimum atomic E-state index is -0.102. The Labute approximate surface area is 141 Å². The van der Waals surface area contributed by atoms with Crippen molar-refractivity contribution >= 4 is 6.03 Å². The Morgan fingerprint density at radius 2 is 2.17 bits per heavy atom. The lowest BCUT2D eigenvalue weighted by atomic mass is 10.2. The van der Waals surface area contributed by atoms with E-state index in [1.165, 1.54) is 0 Å². The van der Waals surface area contributed by atoms with Crippen LogP contribution in [0.3, 0.4) is 0 Å². The maximum Gasteiger partial charge on any atom is 0.318 e. The van der Waals surface area contributed by atoms with Crippen molar-refractivity contribution in [2.75, 3.05) is 19.6 Å². The third-order valence-corrected chi connectivity index (χ3v) is 3.70. The number of nitrogens with zero attached hydrogens (tertiary/aromatic N) is 2. The predicted octanol–water partition coefficient (Wildman–Crippen LogP) is 2.30. The third-order valence-electron chi connectivity index (χ3n) is 3.70. The second-order valence-electron chi connectivity index (χ2n) is 5.49. The van der Waals surface area contributed by atoms with Gasteiger partial charge in [0.15, 0.2) is 0 Å². The van der Waals surface area contributed by atoms with Gasteiger partial charge in [-0.15, -0.1) is 0 Å². The number of nitrogens with one attached hydrogen (secondary N) is 1. The first-order valence-corrected chi connectivity index (χ1v) is 7.94. The van der Waals surface area contributed by atoms with Gasteiger partial charge in [-0.1, -0.05) is 30.0 Å². The van der Waals surface area contributed by atoms with Crippen LogP contribution in [0.2, 0.25) is 0 Å². The molecule has 0 bridgehead atoms. The number of likely N-dealkylation sites (tertiary alicyclic amines) is 1. The van der Waals surface area contributed by atoms with Crippen molar-refractivity contribution in [3.05, 3.63) is 60.4 Å². The molecule has 1 N–H and O–H groups in total. The van der Waals surface area contributed by atoms with Crippen molar-refractivity contribution in [2.24, 2.45) is 0 Å². The molecule has 1 atom stereocenters. The van der Waals surface area contributed by atoms with Gasteiger partial charge >= 0.3 is 6.03 Å². The van der Waals surface area contributed by atoms with Crippen LogP contribution in [-0.4, -0.2) is 41.7 Å². The molecule has 2 heterocycles. The zero-order chi connectivity index (χ0) is 16.6. The topological polar surface area (TPSA) is 54.5 Å². The first kappa shape index (κ1) is 15.9. The number of carbonyl (C=O) groups excluding carboxylic acids is 1. The largest absolute Gasteiger partial charge is 0.487 e. The smallest absolute Gasteiger partial charge is 0.318 e. The highest BCUT2D eigenvalue weighted by Crippen LogP contribution is 2.17. The molecule has 122 valence electrons. The van der Waals surface area contributed by atoms with Crippen molar-refractivity contribution in [3.8, 4) is 17.6 Å². The molecule has 0 saturated carbocycles. The highest BCUT2D eigenvalue weighted by atomic mass is 16.5. The van der Waals surface area contributed by atoms with Crippen LogP contribution >= 0.6 is 0 Å². The molecule has 1 saturated heterocycles. The average Bonchev–Trinajstić information content (AvgIpc) is 3.09. The van der Waals surface area contributed by atoms with E-state index < -0.39 is 0 Å². The summed E-state index contributed by atoms with van der Waals surface area (Å²) < 4.78 is 5.83. The molecule has 5 heteroatoms. The van der Waals surface area contributed by atoms with Gasteiger partial charge in [0.05, 0.1) is 19.3 Å². The Bertz CT molecular complexity index is 723. The first-order chi connectivity index (χ1) is 11.8. The molecule has 1 aliphatic heterocycles. The Morgan fingerprint density at radius 1 is 1.29 bits per heavy atom. The fourth-order valence-electron chi connectivity index (χ4n) is 2.52. The second-order valence-corrected chi connectivity index (χ2v) is 5.49. The van der Waals surface area contributed by atoms with Gasteiger partial charge in [-0.2, -0.15) is 0 Å². The maximum atomic E-state index is 12.1. The number of amides is 2. The van der Waals surface area contributed by atoms with Crippen LogP contribution in [0.5, 0.6) is 5.75 Å². The van der Waals surface area contributed by atoms with Gasteiger partial charge in [0, 0.05) is 24.7 Å². The normalized spacial score (nSPS) is 16.2. The van der Waals surface area contributed by atoms with Gasteiger partial charge in [0.25, 0.3) is 0 Å². The lowest BCUT2D eigenvalue weighted by molar-refractivity contribution is 0.187. The van der Waals surface area contributed by atoms with Crippen molar-refractivity contribution in [1.82, 2.24) is 15.2 Å². The molecule has 0 unspecified atom stereocenters. The molecule has 5 nitrogen and oxygen atoms in total. The minimum absolute atomic E-state index is 0.00959. The summed E-state index contributed by atoms with van der Waals surface area (Å²) in [5.41, 5.74) is 0.942. The molecule has 0 aliphatic carbocycles. The summed E-state index contributed by atoms with van der Waals surface area (Å²) in [5, 5.41) is 2.82. The summed E-state index contributed by atoms with van der Waals surface area (Å²) in [7, 11) is 0. The standard InChI is InChI=1S/C19H19N3O2/c23-19(21-12-4-8-16-6-2-1-3-7-16)22-13-10-18(15-22)24-17-9-5-11-20-14-17/h1-3,5-7,9,11,14,18H,10,12-13,15H2,(H,21,23)/t18-/m0/s1. The van der Waals surface area contributed by atoms with E-state index in [1.807, 2.05) is 42.5 Å². The van der Waals surface area contributed by atoms with Crippen LogP contribution in [0.1, 0.15) is 12.0 Å². The van der Waals surface area contributed by atoms with E-state index >= 15 is 0 Å². The van der Waals surface area contributed by atoms with Crippen molar-refractivity contribution in [1.29, 1.82) is 0 Å². The summed E-state index contributed by atoms with van der Waals surface area (Å²) in [6.07, 6.45) is 4.22. The van der Waals surface area contributed by atoms with Gasteiger partial charge in [-0.05, 0) is 24.3 Å². The van der Waals surface area contributed by atoms with E-state index in [9.17, 15) is 4.79 Å².